The molecule has 112 valence electrons. The van der Waals surface area contributed by atoms with Gasteiger partial charge in [-0.15, -0.1) is 10.2 Å². The molecule has 0 aliphatic heterocycles. The topological polar surface area (TPSA) is 59.3 Å². The van der Waals surface area contributed by atoms with Gasteiger partial charge in [-0.3, -0.25) is 9.20 Å². The summed E-state index contributed by atoms with van der Waals surface area (Å²) in [5, 5.41) is 10.9. The number of fused-ring (bicyclic) bond motifs is 1. The van der Waals surface area contributed by atoms with Crippen LogP contribution in [0.4, 0.5) is 4.39 Å². The van der Waals surface area contributed by atoms with Gasteiger partial charge in [0.15, 0.2) is 5.65 Å². The number of hydrogen-bond donors (Lipinski definition) is 1. The number of rotatable bonds is 5. The molecule has 1 amide bonds. The Morgan fingerprint density at radius 3 is 2.82 bits per heavy atom. The molecule has 0 aliphatic carbocycles. The number of carbonyl (C=O) groups is 1. The normalized spacial score (nSPS) is 10.8. The molecular weight excluding hydrogens is 283 g/mol. The third-order valence-corrected chi connectivity index (χ3v) is 3.36. The van der Waals surface area contributed by atoms with Crippen molar-refractivity contribution in [1.29, 1.82) is 0 Å². The van der Waals surface area contributed by atoms with E-state index in [1.807, 2.05) is 28.8 Å². The van der Waals surface area contributed by atoms with E-state index in [0.29, 0.717) is 18.5 Å². The summed E-state index contributed by atoms with van der Waals surface area (Å²) in [6, 6.07) is 11.9. The molecule has 0 spiro atoms. The van der Waals surface area contributed by atoms with E-state index >= 15 is 0 Å². The summed E-state index contributed by atoms with van der Waals surface area (Å²) in [6.07, 6.45) is 2.48. The molecule has 2 heterocycles. The zero-order valence-corrected chi connectivity index (χ0v) is 11.9. The van der Waals surface area contributed by atoms with Gasteiger partial charge in [-0.2, -0.15) is 0 Å². The molecule has 0 unspecified atom stereocenters. The molecule has 3 aromatic rings. The van der Waals surface area contributed by atoms with Crippen LogP contribution in [-0.4, -0.2) is 27.0 Å². The van der Waals surface area contributed by atoms with E-state index in [2.05, 4.69) is 15.5 Å². The minimum Gasteiger partial charge on any atom is -0.355 e. The smallest absolute Gasteiger partial charge is 0.224 e. The summed E-state index contributed by atoms with van der Waals surface area (Å²) in [4.78, 5) is 11.8. The lowest BCUT2D eigenvalue weighted by Gasteiger charge is -2.05. The van der Waals surface area contributed by atoms with Gasteiger partial charge < -0.3 is 5.32 Å². The molecule has 6 heteroatoms. The predicted molar refractivity (Wildman–Crippen MR) is 79.8 cm³/mol. The maximum absolute atomic E-state index is 13.5. The number of nitrogens with one attached hydrogen (secondary N) is 1. The van der Waals surface area contributed by atoms with Gasteiger partial charge in [0, 0.05) is 19.2 Å². The van der Waals surface area contributed by atoms with Crippen LogP contribution >= 0.6 is 0 Å². The summed E-state index contributed by atoms with van der Waals surface area (Å²) in [5.41, 5.74) is 1.17. The highest BCUT2D eigenvalue weighted by Crippen LogP contribution is 2.07. The average Bonchev–Trinajstić information content (AvgIpc) is 2.93. The summed E-state index contributed by atoms with van der Waals surface area (Å²) in [7, 11) is 0. The van der Waals surface area contributed by atoms with Crippen LogP contribution in [0.3, 0.4) is 0 Å². The van der Waals surface area contributed by atoms with Crippen molar-refractivity contribution >= 4 is 11.6 Å². The fourth-order valence-electron chi connectivity index (χ4n) is 2.25. The molecular formula is C16H15FN4O. The van der Waals surface area contributed by atoms with E-state index < -0.39 is 0 Å². The van der Waals surface area contributed by atoms with Crippen LogP contribution < -0.4 is 5.32 Å². The lowest BCUT2D eigenvalue weighted by Crippen LogP contribution is -2.28. The second-order valence-corrected chi connectivity index (χ2v) is 4.91. The number of benzene rings is 1. The fourth-order valence-corrected chi connectivity index (χ4v) is 2.25. The highest BCUT2D eigenvalue weighted by Gasteiger charge is 2.08. The first kappa shape index (κ1) is 14.2. The van der Waals surface area contributed by atoms with Crippen LogP contribution in [0.1, 0.15) is 11.4 Å². The van der Waals surface area contributed by atoms with Crippen molar-refractivity contribution in [2.45, 2.75) is 12.8 Å². The van der Waals surface area contributed by atoms with Crippen molar-refractivity contribution in [2.24, 2.45) is 0 Å². The van der Waals surface area contributed by atoms with Gasteiger partial charge in [0.05, 0.1) is 6.42 Å². The maximum Gasteiger partial charge on any atom is 0.224 e. The molecule has 0 saturated carbocycles. The first-order valence-corrected chi connectivity index (χ1v) is 7.03. The third kappa shape index (κ3) is 3.11. The lowest BCUT2D eigenvalue weighted by molar-refractivity contribution is -0.120. The van der Waals surface area contributed by atoms with E-state index in [1.54, 1.807) is 18.2 Å². The summed E-state index contributed by atoms with van der Waals surface area (Å²) in [6.45, 7) is 0.434. The van der Waals surface area contributed by atoms with E-state index in [9.17, 15) is 9.18 Å². The minimum atomic E-state index is -0.360. The van der Waals surface area contributed by atoms with Gasteiger partial charge in [-0.1, -0.05) is 24.3 Å². The van der Waals surface area contributed by atoms with E-state index in [1.165, 1.54) is 6.07 Å². The zero-order valence-electron chi connectivity index (χ0n) is 11.9. The Morgan fingerprint density at radius 1 is 1.14 bits per heavy atom. The van der Waals surface area contributed by atoms with E-state index in [4.69, 9.17) is 0 Å². The van der Waals surface area contributed by atoms with Gasteiger partial charge in [-0.25, -0.2) is 4.39 Å². The molecule has 2 aromatic heterocycles. The molecule has 0 radical (unpaired) electrons. The number of nitrogens with zero attached hydrogens (tertiary/aromatic N) is 3. The van der Waals surface area contributed by atoms with Crippen molar-refractivity contribution in [3.05, 3.63) is 65.9 Å². The molecule has 5 nitrogen and oxygen atoms in total. The highest BCUT2D eigenvalue weighted by molar-refractivity contribution is 5.78. The van der Waals surface area contributed by atoms with Gasteiger partial charge in [0.1, 0.15) is 11.6 Å². The molecule has 0 aliphatic rings. The molecule has 1 N–H and O–H groups in total. The van der Waals surface area contributed by atoms with E-state index in [-0.39, 0.29) is 18.1 Å². The lowest BCUT2D eigenvalue weighted by atomic mass is 10.1. The Labute approximate surface area is 126 Å². The zero-order chi connectivity index (χ0) is 15.4. The van der Waals surface area contributed by atoms with Gasteiger partial charge in [0.2, 0.25) is 5.91 Å². The Morgan fingerprint density at radius 2 is 1.95 bits per heavy atom. The average molecular weight is 298 g/mol. The summed E-state index contributed by atoms with van der Waals surface area (Å²) in [5.74, 6) is 0.210. The van der Waals surface area contributed by atoms with Crippen molar-refractivity contribution < 1.29 is 9.18 Å². The Hall–Kier alpha value is -2.76. The number of halogens is 1. The number of hydrogen-bond acceptors (Lipinski definition) is 3. The number of carbonyl (C=O) groups excluding carboxylic acids is 1. The second kappa shape index (κ2) is 6.34. The van der Waals surface area contributed by atoms with Crippen LogP contribution in [0.5, 0.6) is 0 Å². The SMILES string of the molecule is O=C(Cc1ccccc1F)NCCc1nnc2ccccn12. The highest BCUT2D eigenvalue weighted by atomic mass is 19.1. The van der Waals surface area contributed by atoms with E-state index in [0.717, 1.165) is 11.5 Å². The Bertz CT molecular complexity index is 799. The molecule has 3 rings (SSSR count). The first-order valence-electron chi connectivity index (χ1n) is 7.03. The van der Waals surface area contributed by atoms with Crippen molar-refractivity contribution in [1.82, 2.24) is 19.9 Å². The molecule has 0 saturated heterocycles. The molecule has 0 bridgehead atoms. The summed E-state index contributed by atoms with van der Waals surface area (Å²) < 4.78 is 15.3. The second-order valence-electron chi connectivity index (χ2n) is 4.91. The van der Waals surface area contributed by atoms with Gasteiger partial charge in [0.25, 0.3) is 0 Å². The Balaban J connectivity index is 1.55. The monoisotopic (exact) mass is 298 g/mol. The van der Waals surface area contributed by atoms with Crippen LogP contribution in [0, 0.1) is 5.82 Å². The standard InChI is InChI=1S/C16H15FN4O/c17-13-6-2-1-5-12(13)11-16(22)18-9-8-15-20-19-14-7-3-4-10-21(14)15/h1-7,10H,8-9,11H2,(H,18,22). The third-order valence-electron chi connectivity index (χ3n) is 3.36. The maximum atomic E-state index is 13.5. The fraction of sp³-hybridized carbons (Fsp3) is 0.188. The molecule has 1 aromatic carbocycles. The van der Waals surface area contributed by atoms with Gasteiger partial charge >= 0.3 is 0 Å². The number of pyridine rings is 1. The number of amides is 1. The largest absolute Gasteiger partial charge is 0.355 e. The quantitative estimate of drug-likeness (QED) is 0.781. The van der Waals surface area contributed by atoms with Crippen molar-refractivity contribution in [3.8, 4) is 0 Å². The minimum absolute atomic E-state index is 0.0350. The van der Waals surface area contributed by atoms with Crippen LogP contribution in [-0.2, 0) is 17.6 Å². The van der Waals surface area contributed by atoms with Crippen LogP contribution in [0.25, 0.3) is 5.65 Å². The van der Waals surface area contributed by atoms with Crippen LogP contribution in [0.15, 0.2) is 48.7 Å². The Kier molecular flexibility index (Phi) is 4.09. The summed E-state index contributed by atoms with van der Waals surface area (Å²) >= 11 is 0. The van der Waals surface area contributed by atoms with Gasteiger partial charge in [-0.05, 0) is 23.8 Å². The van der Waals surface area contributed by atoms with Crippen LogP contribution in [0.2, 0.25) is 0 Å². The predicted octanol–water partition coefficient (Wildman–Crippen LogP) is 1.77. The van der Waals surface area contributed by atoms with Crippen molar-refractivity contribution in [2.75, 3.05) is 6.54 Å². The molecule has 0 fully saturated rings. The number of aromatic nitrogens is 3. The molecule has 0 atom stereocenters. The van der Waals surface area contributed by atoms with Crippen molar-refractivity contribution in [3.63, 3.8) is 0 Å². The molecule has 22 heavy (non-hydrogen) atoms. The first-order chi connectivity index (χ1) is 10.7.